The molecular formula is C34H35BrClN3O5. The van der Waals surface area contributed by atoms with E-state index in [1.165, 1.54) is 19.6 Å². The average molecular weight is 681 g/mol. The van der Waals surface area contributed by atoms with Gasteiger partial charge >= 0.3 is 5.97 Å². The highest BCUT2D eigenvalue weighted by Gasteiger charge is 2.23. The number of ether oxygens (including phenoxy) is 2. The Bertz CT molecular complexity index is 1610. The van der Waals surface area contributed by atoms with E-state index in [9.17, 15) is 14.7 Å². The van der Waals surface area contributed by atoms with Crippen LogP contribution in [0.5, 0.6) is 11.5 Å². The summed E-state index contributed by atoms with van der Waals surface area (Å²) < 4.78 is 11.6. The standard InChI is InChI=1S/C34H34BrN3O5.ClH/c1-42-31-19-24(28(35)22-27(31)34(40)41)20-33(39)36-38(30-14-8-7-13-29(30)37-17-9-4-10-18-37)25-15-16-26(32(21-25)43-2)23-11-5-3-6-12-23;/h3,5-8,11-16,19,21-22H,4,9-10,17-18,20H2,1-2H3,(H,36,39)(H,40,41);1H. The second kappa shape index (κ2) is 15.0. The number of anilines is 3. The van der Waals surface area contributed by atoms with Gasteiger partial charge in [0.1, 0.15) is 17.1 Å². The van der Waals surface area contributed by atoms with Gasteiger partial charge in [-0.25, -0.2) is 4.79 Å². The Hall–Kier alpha value is -4.21. The fourth-order valence-electron chi connectivity index (χ4n) is 5.40. The van der Waals surface area contributed by atoms with Crippen molar-refractivity contribution >= 4 is 57.3 Å². The number of methoxy groups -OCH3 is 2. The van der Waals surface area contributed by atoms with Crippen molar-refractivity contribution in [2.75, 3.05) is 37.2 Å². The predicted molar refractivity (Wildman–Crippen MR) is 180 cm³/mol. The van der Waals surface area contributed by atoms with E-state index in [0.717, 1.165) is 54.1 Å². The number of carboxylic acids is 1. The fraction of sp³-hybridized carbons (Fsp3) is 0.235. The Morgan fingerprint density at radius 3 is 2.25 bits per heavy atom. The van der Waals surface area contributed by atoms with Gasteiger partial charge in [0.05, 0.1) is 37.7 Å². The van der Waals surface area contributed by atoms with Gasteiger partial charge in [0, 0.05) is 29.2 Å². The minimum atomic E-state index is -1.11. The van der Waals surface area contributed by atoms with Crippen LogP contribution in [0.25, 0.3) is 11.1 Å². The maximum atomic E-state index is 13.7. The van der Waals surface area contributed by atoms with Crippen LogP contribution >= 0.6 is 28.3 Å². The van der Waals surface area contributed by atoms with E-state index in [-0.39, 0.29) is 36.0 Å². The molecular weight excluding hydrogens is 646 g/mol. The number of carbonyl (C=O) groups is 2. The van der Waals surface area contributed by atoms with Gasteiger partial charge in [-0.2, -0.15) is 0 Å². The van der Waals surface area contributed by atoms with Gasteiger partial charge in [-0.1, -0.05) is 58.4 Å². The van der Waals surface area contributed by atoms with E-state index in [0.29, 0.717) is 15.8 Å². The summed E-state index contributed by atoms with van der Waals surface area (Å²) in [7, 11) is 3.05. The number of hydrazine groups is 1. The molecule has 1 heterocycles. The molecule has 1 aliphatic heterocycles. The van der Waals surface area contributed by atoms with Crippen LogP contribution in [0.3, 0.4) is 0 Å². The fourth-order valence-corrected chi connectivity index (χ4v) is 5.88. The number of hydrogen-bond acceptors (Lipinski definition) is 6. The molecule has 230 valence electrons. The molecule has 0 saturated carbocycles. The molecule has 44 heavy (non-hydrogen) atoms. The zero-order valence-corrected chi connectivity index (χ0v) is 27.0. The van der Waals surface area contributed by atoms with E-state index in [1.54, 1.807) is 18.2 Å². The number of carbonyl (C=O) groups excluding carboxylic acids is 1. The maximum Gasteiger partial charge on any atom is 0.339 e. The summed E-state index contributed by atoms with van der Waals surface area (Å²) in [5.41, 5.74) is 8.30. The van der Waals surface area contributed by atoms with Crippen LogP contribution in [0.2, 0.25) is 0 Å². The molecule has 8 nitrogen and oxygen atoms in total. The summed E-state index contributed by atoms with van der Waals surface area (Å²) in [6, 6.07) is 27.0. The molecule has 0 spiro atoms. The summed E-state index contributed by atoms with van der Waals surface area (Å²) in [6.45, 7) is 1.88. The van der Waals surface area contributed by atoms with E-state index in [1.807, 2.05) is 66.7 Å². The van der Waals surface area contributed by atoms with Crippen molar-refractivity contribution in [3.8, 4) is 22.6 Å². The van der Waals surface area contributed by atoms with E-state index in [2.05, 4.69) is 32.3 Å². The minimum absolute atomic E-state index is 0. The smallest absolute Gasteiger partial charge is 0.339 e. The lowest BCUT2D eigenvalue weighted by atomic mass is 10.0. The van der Waals surface area contributed by atoms with Gasteiger partial charge in [0.15, 0.2) is 0 Å². The van der Waals surface area contributed by atoms with E-state index in [4.69, 9.17) is 9.47 Å². The highest BCUT2D eigenvalue weighted by molar-refractivity contribution is 9.10. The summed E-state index contributed by atoms with van der Waals surface area (Å²) in [5.74, 6) is -0.533. The number of aromatic carboxylic acids is 1. The second-order valence-corrected chi connectivity index (χ2v) is 11.1. The Kier molecular flexibility index (Phi) is 11.1. The molecule has 10 heteroatoms. The number of hydrogen-bond donors (Lipinski definition) is 2. The lowest BCUT2D eigenvalue weighted by molar-refractivity contribution is -0.120. The highest BCUT2D eigenvalue weighted by Crippen LogP contribution is 2.39. The molecule has 1 saturated heterocycles. The zero-order valence-electron chi connectivity index (χ0n) is 24.6. The molecule has 0 aromatic heterocycles. The number of nitrogens with zero attached hydrogens (tertiary/aromatic N) is 2. The number of carboxylic acid groups (broad SMARTS) is 1. The van der Waals surface area contributed by atoms with Crippen molar-refractivity contribution < 1.29 is 24.2 Å². The van der Waals surface area contributed by atoms with Gasteiger partial charge in [-0.15, -0.1) is 12.4 Å². The zero-order chi connectivity index (χ0) is 30.3. The van der Waals surface area contributed by atoms with Gasteiger partial charge in [0.2, 0.25) is 5.91 Å². The van der Waals surface area contributed by atoms with Crippen molar-refractivity contribution in [2.45, 2.75) is 25.7 Å². The molecule has 0 radical (unpaired) electrons. The number of halogens is 2. The molecule has 1 fully saturated rings. The van der Waals surface area contributed by atoms with Crippen molar-refractivity contribution in [3.63, 3.8) is 0 Å². The minimum Gasteiger partial charge on any atom is -0.496 e. The molecule has 1 amide bonds. The monoisotopic (exact) mass is 679 g/mol. The number of nitrogens with one attached hydrogen (secondary N) is 1. The third-order valence-corrected chi connectivity index (χ3v) is 8.27. The normalized spacial score (nSPS) is 12.6. The summed E-state index contributed by atoms with van der Waals surface area (Å²) in [6.07, 6.45) is 3.42. The molecule has 0 aliphatic carbocycles. The van der Waals surface area contributed by atoms with Gasteiger partial charge < -0.3 is 19.5 Å². The lowest BCUT2D eigenvalue weighted by Crippen LogP contribution is -2.41. The molecule has 4 aromatic rings. The molecule has 1 aliphatic rings. The Morgan fingerprint density at radius 1 is 0.886 bits per heavy atom. The predicted octanol–water partition coefficient (Wildman–Crippen LogP) is 7.66. The van der Waals surface area contributed by atoms with Gasteiger partial charge in [-0.3, -0.25) is 15.2 Å². The summed E-state index contributed by atoms with van der Waals surface area (Å²) in [4.78, 5) is 27.7. The number of para-hydroxylation sites is 2. The van der Waals surface area contributed by atoms with Crippen LogP contribution < -0.4 is 24.8 Å². The molecule has 0 unspecified atom stereocenters. The molecule has 2 N–H and O–H groups in total. The lowest BCUT2D eigenvalue weighted by Gasteiger charge is -2.34. The number of benzene rings is 4. The third-order valence-electron chi connectivity index (χ3n) is 7.53. The van der Waals surface area contributed by atoms with Crippen LogP contribution in [-0.2, 0) is 11.2 Å². The Balaban J connectivity index is 0.00000442. The Labute approximate surface area is 272 Å². The van der Waals surface area contributed by atoms with Crippen molar-refractivity contribution in [2.24, 2.45) is 0 Å². The van der Waals surface area contributed by atoms with Crippen LogP contribution in [0.1, 0.15) is 35.2 Å². The maximum absolute atomic E-state index is 13.7. The first-order valence-electron chi connectivity index (χ1n) is 14.2. The molecule has 5 rings (SSSR count). The van der Waals surface area contributed by atoms with Gasteiger partial charge in [-0.05, 0) is 66.8 Å². The number of amides is 1. The second-order valence-electron chi connectivity index (χ2n) is 10.3. The summed E-state index contributed by atoms with van der Waals surface area (Å²) >= 11 is 3.44. The topological polar surface area (TPSA) is 91.3 Å². The molecule has 0 atom stereocenters. The van der Waals surface area contributed by atoms with Crippen LogP contribution in [-0.4, -0.2) is 44.3 Å². The van der Waals surface area contributed by atoms with Crippen LogP contribution in [0.15, 0.2) is 89.4 Å². The first kappa shape index (κ1) is 32.7. The van der Waals surface area contributed by atoms with Gasteiger partial charge in [0.25, 0.3) is 0 Å². The third kappa shape index (κ3) is 7.29. The van der Waals surface area contributed by atoms with Crippen molar-refractivity contribution in [1.82, 2.24) is 5.43 Å². The van der Waals surface area contributed by atoms with E-state index < -0.39 is 5.97 Å². The molecule has 0 bridgehead atoms. The first-order valence-corrected chi connectivity index (χ1v) is 15.0. The number of rotatable bonds is 10. The molecule has 4 aromatic carbocycles. The first-order chi connectivity index (χ1) is 20.9. The van der Waals surface area contributed by atoms with Crippen LogP contribution in [0, 0.1) is 0 Å². The van der Waals surface area contributed by atoms with Crippen molar-refractivity contribution in [3.05, 3.63) is 101 Å². The SMILES string of the molecule is COc1cc(CC(=O)NN(c2ccc(-c3ccccc3)c(OC)c2)c2ccccc2N2CCCCC2)c(Br)cc1C(=O)O.Cl. The highest BCUT2D eigenvalue weighted by atomic mass is 79.9. The largest absolute Gasteiger partial charge is 0.496 e. The summed E-state index contributed by atoms with van der Waals surface area (Å²) in [5, 5.41) is 11.3. The number of piperidine rings is 1. The Morgan fingerprint density at radius 2 is 1.57 bits per heavy atom. The average Bonchev–Trinajstić information content (AvgIpc) is 3.05. The quantitative estimate of drug-likeness (QED) is 0.166. The van der Waals surface area contributed by atoms with Crippen molar-refractivity contribution in [1.29, 1.82) is 0 Å². The van der Waals surface area contributed by atoms with Crippen LogP contribution in [0.4, 0.5) is 17.1 Å². The van der Waals surface area contributed by atoms with E-state index >= 15 is 0 Å².